The number of hydrogen-bond donors (Lipinski definition) is 2. The van der Waals surface area contributed by atoms with Crippen LogP contribution in [0.1, 0.15) is 24.3 Å². The number of carbonyl (C=O) groups is 1. The molecule has 18 heavy (non-hydrogen) atoms. The molecular formula is C12H14N4OS. The largest absolute Gasteiger partial charge is 0.349 e. The quantitative estimate of drug-likeness (QED) is 0.888. The van der Waals surface area contributed by atoms with Crippen LogP contribution in [-0.4, -0.2) is 21.9 Å². The van der Waals surface area contributed by atoms with Gasteiger partial charge in [0.25, 0.3) is 5.91 Å². The number of nitrogens with one attached hydrogen (secondary N) is 2. The van der Waals surface area contributed by atoms with Crippen molar-refractivity contribution < 1.29 is 4.79 Å². The monoisotopic (exact) mass is 262 g/mol. The van der Waals surface area contributed by atoms with Gasteiger partial charge in [-0.2, -0.15) is 0 Å². The maximum Gasteiger partial charge on any atom is 0.271 e. The molecule has 0 spiro atoms. The van der Waals surface area contributed by atoms with Crippen molar-refractivity contribution >= 4 is 28.2 Å². The molecule has 2 aromatic heterocycles. The van der Waals surface area contributed by atoms with Gasteiger partial charge in [0.2, 0.25) is 0 Å². The summed E-state index contributed by atoms with van der Waals surface area (Å²) in [4.78, 5) is 20.1. The number of pyridine rings is 1. The molecule has 2 rings (SSSR count). The molecule has 0 radical (unpaired) electrons. The summed E-state index contributed by atoms with van der Waals surface area (Å²) >= 11 is 1.38. The molecule has 0 bridgehead atoms. The second kappa shape index (κ2) is 5.59. The molecule has 5 nitrogen and oxygen atoms in total. The van der Waals surface area contributed by atoms with Gasteiger partial charge in [-0.05, 0) is 26.0 Å². The molecule has 1 amide bonds. The normalized spacial score (nSPS) is 10.4. The summed E-state index contributed by atoms with van der Waals surface area (Å²) in [6, 6.07) is 5.67. The van der Waals surface area contributed by atoms with Crippen molar-refractivity contribution in [2.24, 2.45) is 0 Å². The van der Waals surface area contributed by atoms with Crippen LogP contribution in [0.2, 0.25) is 0 Å². The maximum absolute atomic E-state index is 11.7. The summed E-state index contributed by atoms with van der Waals surface area (Å²) in [5.74, 6) is 0.554. The van der Waals surface area contributed by atoms with Crippen LogP contribution in [0.25, 0.3) is 0 Å². The molecule has 0 atom stereocenters. The molecule has 2 N–H and O–H groups in total. The van der Waals surface area contributed by atoms with E-state index >= 15 is 0 Å². The van der Waals surface area contributed by atoms with E-state index < -0.39 is 0 Å². The summed E-state index contributed by atoms with van der Waals surface area (Å²) in [5, 5.41) is 8.23. The number of nitrogens with zero attached hydrogens (tertiary/aromatic N) is 2. The van der Waals surface area contributed by atoms with Gasteiger partial charge in [0.05, 0.1) is 0 Å². The lowest BCUT2D eigenvalue weighted by Gasteiger charge is -2.05. The smallest absolute Gasteiger partial charge is 0.271 e. The zero-order valence-electron chi connectivity index (χ0n) is 10.2. The fraction of sp³-hybridized carbons (Fsp3) is 0.250. The number of thiazole rings is 1. The Bertz CT molecular complexity index is 524. The molecule has 0 aliphatic heterocycles. The second-order valence-electron chi connectivity index (χ2n) is 4.01. The van der Waals surface area contributed by atoms with Crippen LogP contribution in [0, 0.1) is 0 Å². The standard InChI is InChI=1S/C12H14N4OS/c1-8(2)14-11(17)9-7-18-12(15-9)16-10-5-3-4-6-13-10/h3-8H,1-2H3,(H,14,17)(H,13,15,16). The summed E-state index contributed by atoms with van der Waals surface area (Å²) in [6.45, 7) is 3.83. The molecule has 0 aliphatic carbocycles. The topological polar surface area (TPSA) is 66.9 Å². The highest BCUT2D eigenvalue weighted by Crippen LogP contribution is 2.19. The molecule has 0 aliphatic rings. The van der Waals surface area contributed by atoms with Gasteiger partial charge in [-0.15, -0.1) is 11.3 Å². The highest BCUT2D eigenvalue weighted by Gasteiger charge is 2.11. The number of rotatable bonds is 4. The minimum atomic E-state index is -0.157. The third-order valence-electron chi connectivity index (χ3n) is 2.06. The van der Waals surface area contributed by atoms with Crippen LogP contribution in [0.3, 0.4) is 0 Å². The highest BCUT2D eigenvalue weighted by molar-refractivity contribution is 7.14. The van der Waals surface area contributed by atoms with E-state index in [0.29, 0.717) is 16.6 Å². The van der Waals surface area contributed by atoms with Gasteiger partial charge in [0.15, 0.2) is 5.13 Å². The lowest BCUT2D eigenvalue weighted by atomic mass is 10.3. The maximum atomic E-state index is 11.7. The molecule has 6 heteroatoms. The number of carbonyl (C=O) groups excluding carboxylic acids is 1. The first-order valence-electron chi connectivity index (χ1n) is 5.59. The van der Waals surface area contributed by atoms with Crippen molar-refractivity contribution in [3.8, 4) is 0 Å². The van der Waals surface area contributed by atoms with Crippen molar-refractivity contribution in [3.05, 3.63) is 35.5 Å². The van der Waals surface area contributed by atoms with Crippen LogP contribution in [0.15, 0.2) is 29.8 Å². The van der Waals surface area contributed by atoms with E-state index in [2.05, 4.69) is 20.6 Å². The number of hydrogen-bond acceptors (Lipinski definition) is 5. The van der Waals surface area contributed by atoms with Crippen molar-refractivity contribution in [3.63, 3.8) is 0 Å². The van der Waals surface area contributed by atoms with Crippen molar-refractivity contribution in [1.29, 1.82) is 0 Å². The van der Waals surface area contributed by atoms with Gasteiger partial charge < -0.3 is 10.6 Å². The molecule has 2 heterocycles. The molecule has 0 aromatic carbocycles. The minimum Gasteiger partial charge on any atom is -0.349 e. The summed E-state index contributed by atoms with van der Waals surface area (Å²) in [6.07, 6.45) is 1.70. The average Bonchev–Trinajstić information content (AvgIpc) is 2.78. The van der Waals surface area contributed by atoms with E-state index in [0.717, 1.165) is 0 Å². The van der Waals surface area contributed by atoms with E-state index in [4.69, 9.17) is 0 Å². The highest BCUT2D eigenvalue weighted by atomic mass is 32.1. The second-order valence-corrected chi connectivity index (χ2v) is 4.86. The van der Waals surface area contributed by atoms with Crippen LogP contribution in [-0.2, 0) is 0 Å². The van der Waals surface area contributed by atoms with Gasteiger partial charge in [0.1, 0.15) is 11.5 Å². The predicted molar refractivity (Wildman–Crippen MR) is 72.2 cm³/mol. The van der Waals surface area contributed by atoms with E-state index in [9.17, 15) is 4.79 Å². The minimum absolute atomic E-state index is 0.103. The van der Waals surface area contributed by atoms with Gasteiger partial charge in [-0.3, -0.25) is 4.79 Å². The number of amides is 1. The Balaban J connectivity index is 2.04. The van der Waals surface area contributed by atoms with Gasteiger partial charge in [-0.1, -0.05) is 6.07 Å². The van der Waals surface area contributed by atoms with Gasteiger partial charge >= 0.3 is 0 Å². The summed E-state index contributed by atoms with van der Waals surface area (Å²) < 4.78 is 0. The van der Waals surface area contributed by atoms with E-state index in [1.165, 1.54) is 11.3 Å². The Morgan fingerprint density at radius 2 is 2.22 bits per heavy atom. The predicted octanol–water partition coefficient (Wildman–Crippen LogP) is 2.42. The fourth-order valence-electron chi connectivity index (χ4n) is 1.32. The molecule has 0 saturated heterocycles. The number of aromatic nitrogens is 2. The molecule has 2 aromatic rings. The first kappa shape index (κ1) is 12.5. The molecule has 94 valence electrons. The van der Waals surface area contributed by atoms with E-state index in [1.807, 2.05) is 32.0 Å². The van der Waals surface area contributed by atoms with Crippen LogP contribution < -0.4 is 10.6 Å². The Morgan fingerprint density at radius 1 is 1.39 bits per heavy atom. The molecular weight excluding hydrogens is 248 g/mol. The molecule has 0 unspecified atom stereocenters. The Kier molecular flexibility index (Phi) is 3.88. The van der Waals surface area contributed by atoms with E-state index in [1.54, 1.807) is 11.6 Å². The summed E-state index contributed by atoms with van der Waals surface area (Å²) in [5.41, 5.74) is 0.423. The lowest BCUT2D eigenvalue weighted by Crippen LogP contribution is -2.30. The van der Waals surface area contributed by atoms with Crippen LogP contribution in [0.4, 0.5) is 10.9 Å². The zero-order chi connectivity index (χ0) is 13.0. The van der Waals surface area contributed by atoms with E-state index in [-0.39, 0.29) is 11.9 Å². The average molecular weight is 262 g/mol. The Morgan fingerprint density at radius 3 is 2.89 bits per heavy atom. The zero-order valence-corrected chi connectivity index (χ0v) is 11.0. The third-order valence-corrected chi connectivity index (χ3v) is 2.81. The number of anilines is 2. The van der Waals surface area contributed by atoms with Crippen molar-refractivity contribution in [2.75, 3.05) is 5.32 Å². The van der Waals surface area contributed by atoms with Gasteiger partial charge in [0, 0.05) is 17.6 Å². The van der Waals surface area contributed by atoms with Gasteiger partial charge in [-0.25, -0.2) is 9.97 Å². The van der Waals surface area contributed by atoms with Crippen molar-refractivity contribution in [2.45, 2.75) is 19.9 Å². The van der Waals surface area contributed by atoms with Crippen LogP contribution >= 0.6 is 11.3 Å². The molecule has 0 saturated carbocycles. The molecule has 0 fully saturated rings. The Labute approximate surface area is 109 Å². The fourth-order valence-corrected chi connectivity index (χ4v) is 2.02. The van der Waals surface area contributed by atoms with Crippen molar-refractivity contribution in [1.82, 2.24) is 15.3 Å². The van der Waals surface area contributed by atoms with Crippen LogP contribution in [0.5, 0.6) is 0 Å². The summed E-state index contributed by atoms with van der Waals surface area (Å²) in [7, 11) is 0. The first-order valence-corrected chi connectivity index (χ1v) is 6.47. The first-order chi connectivity index (χ1) is 8.65. The lowest BCUT2D eigenvalue weighted by molar-refractivity contribution is 0.0939. The third kappa shape index (κ3) is 3.27. The SMILES string of the molecule is CC(C)NC(=O)c1csc(Nc2ccccn2)n1. The Hall–Kier alpha value is -1.95.